The molecule has 0 aromatic rings. The summed E-state index contributed by atoms with van der Waals surface area (Å²) in [4.78, 5) is 2.61. The lowest BCUT2D eigenvalue weighted by Crippen LogP contribution is -2.44. The van der Waals surface area contributed by atoms with Crippen LogP contribution in [0.25, 0.3) is 0 Å². The third-order valence-corrected chi connectivity index (χ3v) is 3.39. The highest BCUT2D eigenvalue weighted by Crippen LogP contribution is 2.22. The van der Waals surface area contributed by atoms with Crippen molar-refractivity contribution < 1.29 is 0 Å². The summed E-state index contributed by atoms with van der Waals surface area (Å²) in [6.07, 6.45) is 9.88. The van der Waals surface area contributed by atoms with Crippen LogP contribution in [0.1, 0.15) is 46.5 Å². The summed E-state index contributed by atoms with van der Waals surface area (Å²) >= 11 is 0. The number of hydrogen-bond donors (Lipinski definition) is 1. The summed E-state index contributed by atoms with van der Waals surface area (Å²) < 4.78 is 0. The average Bonchev–Trinajstić information content (AvgIpc) is 2.29. The lowest BCUT2D eigenvalue weighted by atomic mass is 9.91. The fourth-order valence-electron chi connectivity index (χ4n) is 2.36. The molecule has 1 atom stereocenters. The van der Waals surface area contributed by atoms with Gasteiger partial charge in [0.15, 0.2) is 0 Å². The number of rotatable bonds is 6. The predicted octanol–water partition coefficient (Wildman–Crippen LogP) is 2.79. The average molecular weight is 224 g/mol. The molecule has 1 unspecified atom stereocenters. The number of hydrogen-bond acceptors (Lipinski definition) is 2. The van der Waals surface area contributed by atoms with E-state index in [1.165, 1.54) is 32.2 Å². The molecule has 16 heavy (non-hydrogen) atoms. The van der Waals surface area contributed by atoms with Crippen molar-refractivity contribution in [1.29, 1.82) is 0 Å². The zero-order valence-electron chi connectivity index (χ0n) is 11.2. The fraction of sp³-hybridized carbons (Fsp3) is 0.857. The van der Waals surface area contributed by atoms with E-state index in [0.29, 0.717) is 6.04 Å². The monoisotopic (exact) mass is 224 g/mol. The molecule has 1 aliphatic rings. The first kappa shape index (κ1) is 13.7. The Morgan fingerprint density at radius 3 is 2.69 bits per heavy atom. The molecule has 0 amide bonds. The van der Waals surface area contributed by atoms with E-state index in [0.717, 1.165) is 13.1 Å². The molecule has 0 fully saturated rings. The van der Waals surface area contributed by atoms with E-state index in [9.17, 15) is 0 Å². The highest BCUT2D eigenvalue weighted by Gasteiger charge is 2.24. The van der Waals surface area contributed by atoms with Gasteiger partial charge >= 0.3 is 0 Å². The molecular weight excluding hydrogens is 196 g/mol. The molecule has 0 saturated heterocycles. The van der Waals surface area contributed by atoms with Crippen LogP contribution in [0.15, 0.2) is 12.2 Å². The Bertz CT molecular complexity index is 221. The second kappa shape index (κ2) is 6.41. The van der Waals surface area contributed by atoms with Crippen LogP contribution < -0.4 is 5.73 Å². The van der Waals surface area contributed by atoms with Crippen molar-refractivity contribution in [2.24, 2.45) is 11.1 Å². The van der Waals surface area contributed by atoms with Gasteiger partial charge in [0.1, 0.15) is 0 Å². The first-order chi connectivity index (χ1) is 7.59. The topological polar surface area (TPSA) is 29.3 Å². The second-order valence-electron chi connectivity index (χ2n) is 5.77. The van der Waals surface area contributed by atoms with Crippen molar-refractivity contribution in [2.75, 3.05) is 19.6 Å². The van der Waals surface area contributed by atoms with Crippen LogP contribution in [0.3, 0.4) is 0 Å². The van der Waals surface area contributed by atoms with E-state index >= 15 is 0 Å². The van der Waals surface area contributed by atoms with Crippen molar-refractivity contribution in [3.8, 4) is 0 Å². The van der Waals surface area contributed by atoms with E-state index in [-0.39, 0.29) is 5.41 Å². The lowest BCUT2D eigenvalue weighted by molar-refractivity contribution is 0.145. The van der Waals surface area contributed by atoms with Crippen LogP contribution in [0, 0.1) is 5.41 Å². The van der Waals surface area contributed by atoms with Crippen LogP contribution in [0.2, 0.25) is 0 Å². The molecule has 0 spiro atoms. The van der Waals surface area contributed by atoms with Gasteiger partial charge < -0.3 is 5.73 Å². The maximum absolute atomic E-state index is 5.84. The van der Waals surface area contributed by atoms with Crippen LogP contribution in [0.4, 0.5) is 0 Å². The molecule has 1 aliphatic carbocycles. The molecule has 1 rings (SSSR count). The van der Waals surface area contributed by atoms with Gasteiger partial charge in [-0.2, -0.15) is 0 Å². The van der Waals surface area contributed by atoms with Crippen molar-refractivity contribution in [3.63, 3.8) is 0 Å². The van der Waals surface area contributed by atoms with E-state index in [4.69, 9.17) is 5.73 Å². The molecule has 94 valence electrons. The van der Waals surface area contributed by atoms with Crippen molar-refractivity contribution in [1.82, 2.24) is 4.90 Å². The third kappa shape index (κ3) is 4.26. The van der Waals surface area contributed by atoms with Crippen LogP contribution in [-0.4, -0.2) is 30.6 Å². The molecule has 0 aromatic heterocycles. The van der Waals surface area contributed by atoms with E-state index in [1.54, 1.807) is 0 Å². The van der Waals surface area contributed by atoms with Crippen LogP contribution in [0.5, 0.6) is 0 Å². The minimum absolute atomic E-state index is 0.237. The minimum atomic E-state index is 0.237. The third-order valence-electron chi connectivity index (χ3n) is 3.39. The van der Waals surface area contributed by atoms with Gasteiger partial charge in [-0.05, 0) is 44.2 Å². The van der Waals surface area contributed by atoms with Crippen molar-refractivity contribution >= 4 is 0 Å². The molecule has 0 heterocycles. The highest BCUT2D eigenvalue weighted by molar-refractivity contribution is 4.99. The lowest BCUT2D eigenvalue weighted by Gasteiger charge is -2.37. The van der Waals surface area contributed by atoms with Gasteiger partial charge in [-0.15, -0.1) is 0 Å². The summed E-state index contributed by atoms with van der Waals surface area (Å²) in [5.41, 5.74) is 6.07. The SMILES string of the molecule is CCCN(CC(C)(C)CN)C1C=CCCC1. The van der Waals surface area contributed by atoms with Crippen LogP contribution in [-0.2, 0) is 0 Å². The van der Waals surface area contributed by atoms with Gasteiger partial charge in [-0.3, -0.25) is 4.90 Å². The Morgan fingerprint density at radius 1 is 1.44 bits per heavy atom. The fourth-order valence-corrected chi connectivity index (χ4v) is 2.36. The maximum atomic E-state index is 5.84. The van der Waals surface area contributed by atoms with E-state index in [1.807, 2.05) is 0 Å². The van der Waals surface area contributed by atoms with Crippen LogP contribution >= 0.6 is 0 Å². The van der Waals surface area contributed by atoms with Gasteiger partial charge in [-0.25, -0.2) is 0 Å². The molecule has 0 bridgehead atoms. The van der Waals surface area contributed by atoms with Gasteiger partial charge in [0.2, 0.25) is 0 Å². The molecule has 0 aromatic carbocycles. The van der Waals surface area contributed by atoms with E-state index < -0.39 is 0 Å². The van der Waals surface area contributed by atoms with Gasteiger partial charge in [-0.1, -0.05) is 32.9 Å². The summed E-state index contributed by atoms with van der Waals surface area (Å²) in [6.45, 7) is 9.87. The smallest absolute Gasteiger partial charge is 0.0278 e. The van der Waals surface area contributed by atoms with Gasteiger partial charge in [0.25, 0.3) is 0 Å². The van der Waals surface area contributed by atoms with Crippen molar-refractivity contribution in [3.05, 3.63) is 12.2 Å². The minimum Gasteiger partial charge on any atom is -0.330 e. The molecule has 0 saturated carbocycles. The number of nitrogens with two attached hydrogens (primary N) is 1. The Kier molecular flexibility index (Phi) is 5.50. The Hall–Kier alpha value is -0.340. The second-order valence-corrected chi connectivity index (χ2v) is 5.77. The van der Waals surface area contributed by atoms with Crippen molar-refractivity contribution in [2.45, 2.75) is 52.5 Å². The van der Waals surface area contributed by atoms with Gasteiger partial charge in [0, 0.05) is 12.6 Å². The first-order valence-corrected chi connectivity index (χ1v) is 6.70. The molecule has 0 radical (unpaired) electrons. The zero-order chi connectivity index (χ0) is 12.0. The summed E-state index contributed by atoms with van der Waals surface area (Å²) in [7, 11) is 0. The first-order valence-electron chi connectivity index (χ1n) is 6.70. The zero-order valence-corrected chi connectivity index (χ0v) is 11.2. The van der Waals surface area contributed by atoms with E-state index in [2.05, 4.69) is 37.8 Å². The molecular formula is C14H28N2. The Labute approximate surface area is 101 Å². The summed E-state index contributed by atoms with van der Waals surface area (Å²) in [5.74, 6) is 0. The molecule has 0 aliphatic heterocycles. The maximum Gasteiger partial charge on any atom is 0.0278 e. The predicted molar refractivity (Wildman–Crippen MR) is 71.5 cm³/mol. The molecule has 2 heteroatoms. The quantitative estimate of drug-likeness (QED) is 0.703. The normalized spacial score (nSPS) is 21.7. The Morgan fingerprint density at radius 2 is 2.19 bits per heavy atom. The summed E-state index contributed by atoms with van der Waals surface area (Å²) in [5, 5.41) is 0. The largest absolute Gasteiger partial charge is 0.330 e. The molecule has 2 nitrogen and oxygen atoms in total. The highest BCUT2D eigenvalue weighted by atomic mass is 15.2. The molecule has 2 N–H and O–H groups in total. The van der Waals surface area contributed by atoms with Gasteiger partial charge in [0.05, 0.1) is 0 Å². The standard InChI is InChI=1S/C14H28N2/c1-4-10-16(12-14(2,3)11-15)13-8-6-5-7-9-13/h6,8,13H,4-5,7,9-12,15H2,1-3H3. The number of allylic oxidation sites excluding steroid dienone is 1. The number of nitrogens with zero attached hydrogens (tertiary/aromatic N) is 1. The summed E-state index contributed by atoms with van der Waals surface area (Å²) in [6, 6.07) is 0.652. The Balaban J connectivity index is 2.59.